The minimum Gasteiger partial charge on any atom is -0.348 e. The number of benzene rings is 1. The maximum Gasteiger partial charge on any atom is 0.252 e. The van der Waals surface area contributed by atoms with Crippen molar-refractivity contribution in [1.82, 2.24) is 5.32 Å². The maximum absolute atomic E-state index is 12.3. The second kappa shape index (κ2) is 4.96. The Balaban J connectivity index is 2.18. The molecule has 0 aliphatic carbocycles. The van der Waals surface area contributed by atoms with E-state index in [1.54, 1.807) is 0 Å². The topological polar surface area (TPSA) is 63.2 Å². The summed E-state index contributed by atoms with van der Waals surface area (Å²) in [7, 11) is -2.96. The van der Waals surface area contributed by atoms with Gasteiger partial charge in [-0.25, -0.2) is 8.42 Å². The van der Waals surface area contributed by atoms with Gasteiger partial charge in [-0.3, -0.25) is 4.79 Å². The van der Waals surface area contributed by atoms with Gasteiger partial charge in [0, 0.05) is 11.6 Å². The molecule has 1 N–H and O–H groups in total. The number of nitrogens with one attached hydrogen (secondary N) is 1. The fourth-order valence-electron chi connectivity index (χ4n) is 2.70. The van der Waals surface area contributed by atoms with E-state index in [4.69, 9.17) is 0 Å². The lowest BCUT2D eigenvalue weighted by Crippen LogP contribution is -2.36. The first kappa shape index (κ1) is 14.1. The molecule has 1 aliphatic rings. The van der Waals surface area contributed by atoms with Crippen molar-refractivity contribution in [3.63, 3.8) is 0 Å². The number of carbonyl (C=O) groups is 1. The average Bonchev–Trinajstić information content (AvgIpc) is 2.56. The molecule has 19 heavy (non-hydrogen) atoms. The summed E-state index contributed by atoms with van der Waals surface area (Å²) in [5, 5.41) is 2.83. The van der Waals surface area contributed by atoms with E-state index in [2.05, 4.69) is 5.32 Å². The Labute approximate surface area is 114 Å². The zero-order valence-corrected chi connectivity index (χ0v) is 12.3. The molecule has 1 unspecified atom stereocenters. The van der Waals surface area contributed by atoms with Crippen LogP contribution in [0.5, 0.6) is 0 Å². The van der Waals surface area contributed by atoms with Crippen molar-refractivity contribution in [2.75, 3.05) is 11.5 Å². The summed E-state index contributed by atoms with van der Waals surface area (Å²) >= 11 is 0. The van der Waals surface area contributed by atoms with Crippen LogP contribution in [0.2, 0.25) is 0 Å². The molecule has 4 nitrogen and oxygen atoms in total. The number of rotatable bonds is 2. The third-order valence-electron chi connectivity index (χ3n) is 3.47. The summed E-state index contributed by atoms with van der Waals surface area (Å²) in [5.74, 6) is 0.0593. The Bertz CT molecular complexity index is 597. The fraction of sp³-hybridized carbons (Fsp3) is 0.500. The molecular weight excluding hydrogens is 262 g/mol. The van der Waals surface area contributed by atoms with E-state index in [9.17, 15) is 13.2 Å². The monoisotopic (exact) mass is 281 g/mol. The number of hydrogen-bond donors (Lipinski definition) is 1. The van der Waals surface area contributed by atoms with Crippen molar-refractivity contribution in [3.8, 4) is 0 Å². The number of carbonyl (C=O) groups excluding carboxylic acids is 1. The number of hydrogen-bond acceptors (Lipinski definition) is 3. The predicted molar refractivity (Wildman–Crippen MR) is 75.2 cm³/mol. The molecule has 2 rings (SSSR count). The van der Waals surface area contributed by atoms with Crippen LogP contribution in [-0.4, -0.2) is 31.9 Å². The highest BCUT2D eigenvalue weighted by atomic mass is 32.2. The van der Waals surface area contributed by atoms with E-state index in [0.717, 1.165) is 16.7 Å². The Morgan fingerprint density at radius 3 is 2.26 bits per heavy atom. The van der Waals surface area contributed by atoms with E-state index in [-0.39, 0.29) is 23.5 Å². The second-order valence-electron chi connectivity index (χ2n) is 5.35. The molecule has 0 spiro atoms. The lowest BCUT2D eigenvalue weighted by molar-refractivity contribution is 0.0940. The highest BCUT2D eigenvalue weighted by Crippen LogP contribution is 2.18. The molecule has 0 bridgehead atoms. The normalized spacial score (nSPS) is 21.3. The largest absolute Gasteiger partial charge is 0.348 e. The Hall–Kier alpha value is -1.36. The highest BCUT2D eigenvalue weighted by Gasteiger charge is 2.29. The van der Waals surface area contributed by atoms with Gasteiger partial charge in [0.05, 0.1) is 11.5 Å². The van der Waals surface area contributed by atoms with E-state index < -0.39 is 9.84 Å². The molecule has 104 valence electrons. The lowest BCUT2D eigenvalue weighted by Gasteiger charge is -2.15. The van der Waals surface area contributed by atoms with Crippen molar-refractivity contribution in [3.05, 3.63) is 34.4 Å². The van der Waals surface area contributed by atoms with Crippen LogP contribution in [0, 0.1) is 20.8 Å². The minimum absolute atomic E-state index is 0.0582. The van der Waals surface area contributed by atoms with Crippen LogP contribution in [0.15, 0.2) is 12.1 Å². The summed E-state index contributed by atoms with van der Waals surface area (Å²) in [4.78, 5) is 12.3. The van der Waals surface area contributed by atoms with E-state index >= 15 is 0 Å². The van der Waals surface area contributed by atoms with Gasteiger partial charge in [0.1, 0.15) is 0 Å². The first-order valence-corrected chi connectivity index (χ1v) is 8.20. The molecule has 1 aromatic rings. The Morgan fingerprint density at radius 2 is 1.79 bits per heavy atom. The number of amides is 1. The Kier molecular flexibility index (Phi) is 3.67. The molecule has 1 fully saturated rings. The molecule has 1 aromatic carbocycles. The van der Waals surface area contributed by atoms with Crippen molar-refractivity contribution in [2.24, 2.45) is 0 Å². The number of aryl methyl sites for hydroxylation is 3. The maximum atomic E-state index is 12.3. The van der Waals surface area contributed by atoms with E-state index in [0.29, 0.717) is 12.0 Å². The summed E-state index contributed by atoms with van der Waals surface area (Å²) in [5.41, 5.74) is 3.64. The molecule has 1 saturated heterocycles. The molecule has 1 heterocycles. The third-order valence-corrected chi connectivity index (χ3v) is 5.24. The summed E-state index contributed by atoms with van der Waals surface area (Å²) in [6, 6.07) is 3.68. The van der Waals surface area contributed by atoms with Crippen LogP contribution in [0.4, 0.5) is 0 Å². The summed E-state index contributed by atoms with van der Waals surface area (Å²) < 4.78 is 22.8. The van der Waals surface area contributed by atoms with Gasteiger partial charge in [-0.2, -0.15) is 0 Å². The van der Waals surface area contributed by atoms with Crippen molar-refractivity contribution < 1.29 is 13.2 Å². The number of sulfone groups is 1. The van der Waals surface area contributed by atoms with E-state index in [1.807, 2.05) is 32.9 Å². The standard InChI is InChI=1S/C14H19NO3S/c1-9-6-10(2)13(11(3)7-9)14(16)15-12-4-5-19(17,18)8-12/h6-7,12H,4-5,8H2,1-3H3,(H,15,16). The van der Waals surface area contributed by atoms with Crippen LogP contribution >= 0.6 is 0 Å². The van der Waals surface area contributed by atoms with Gasteiger partial charge in [0.2, 0.25) is 0 Å². The van der Waals surface area contributed by atoms with Gasteiger partial charge in [-0.1, -0.05) is 17.7 Å². The smallest absolute Gasteiger partial charge is 0.252 e. The minimum atomic E-state index is -2.96. The molecule has 1 amide bonds. The van der Waals surface area contributed by atoms with Gasteiger partial charge < -0.3 is 5.32 Å². The van der Waals surface area contributed by atoms with E-state index in [1.165, 1.54) is 0 Å². The summed E-state index contributed by atoms with van der Waals surface area (Å²) in [6.45, 7) is 5.80. The predicted octanol–water partition coefficient (Wildman–Crippen LogP) is 1.53. The van der Waals surface area contributed by atoms with Crippen LogP contribution in [-0.2, 0) is 9.84 Å². The fourth-order valence-corrected chi connectivity index (χ4v) is 4.38. The van der Waals surface area contributed by atoms with Gasteiger partial charge >= 0.3 is 0 Å². The van der Waals surface area contributed by atoms with Crippen LogP contribution in [0.25, 0.3) is 0 Å². The highest BCUT2D eigenvalue weighted by molar-refractivity contribution is 7.91. The molecule has 0 radical (unpaired) electrons. The van der Waals surface area contributed by atoms with Crippen molar-refractivity contribution in [1.29, 1.82) is 0 Å². The molecule has 1 aliphatic heterocycles. The van der Waals surface area contributed by atoms with Crippen molar-refractivity contribution >= 4 is 15.7 Å². The lowest BCUT2D eigenvalue weighted by atomic mass is 9.99. The SMILES string of the molecule is Cc1cc(C)c(C(=O)NC2CCS(=O)(=O)C2)c(C)c1. The third kappa shape index (κ3) is 3.15. The summed E-state index contributed by atoms with van der Waals surface area (Å²) in [6.07, 6.45) is 0.512. The van der Waals surface area contributed by atoms with Crippen molar-refractivity contribution in [2.45, 2.75) is 33.2 Å². The second-order valence-corrected chi connectivity index (χ2v) is 7.58. The zero-order valence-electron chi connectivity index (χ0n) is 11.5. The molecular formula is C14H19NO3S. The molecule has 5 heteroatoms. The van der Waals surface area contributed by atoms with Gasteiger partial charge in [0.15, 0.2) is 9.84 Å². The molecule has 0 aromatic heterocycles. The van der Waals surface area contributed by atoms with Crippen LogP contribution in [0.1, 0.15) is 33.5 Å². The zero-order chi connectivity index (χ0) is 14.2. The van der Waals surface area contributed by atoms with Gasteiger partial charge in [-0.15, -0.1) is 0 Å². The first-order valence-electron chi connectivity index (χ1n) is 6.37. The van der Waals surface area contributed by atoms with Crippen LogP contribution < -0.4 is 5.32 Å². The first-order chi connectivity index (χ1) is 8.78. The Morgan fingerprint density at radius 1 is 1.21 bits per heavy atom. The van der Waals surface area contributed by atoms with Crippen LogP contribution in [0.3, 0.4) is 0 Å². The molecule has 0 saturated carbocycles. The quantitative estimate of drug-likeness (QED) is 0.894. The van der Waals surface area contributed by atoms with Gasteiger partial charge in [-0.05, 0) is 38.3 Å². The molecule has 1 atom stereocenters. The van der Waals surface area contributed by atoms with Gasteiger partial charge in [0.25, 0.3) is 5.91 Å². The average molecular weight is 281 g/mol.